The van der Waals surface area contributed by atoms with Gasteiger partial charge in [0.05, 0.1) is 13.2 Å². The van der Waals surface area contributed by atoms with Crippen molar-refractivity contribution in [1.29, 1.82) is 0 Å². The van der Waals surface area contributed by atoms with Crippen LogP contribution in [0.25, 0.3) is 0 Å². The fourth-order valence-corrected chi connectivity index (χ4v) is 4.76. The molecule has 1 aromatic rings. The van der Waals surface area contributed by atoms with Crippen LogP contribution in [-0.4, -0.2) is 49.7 Å². The molecule has 0 saturated carbocycles. The summed E-state index contributed by atoms with van der Waals surface area (Å²) in [4.78, 5) is 15.1. The van der Waals surface area contributed by atoms with Gasteiger partial charge in [-0.15, -0.1) is 0 Å². The SMILES string of the molecule is CCCCCCCCCCCCCCCC(=O)NC(Cc1ccccc1)CN1CCOCC1. The van der Waals surface area contributed by atoms with Crippen LogP contribution in [0, 0.1) is 0 Å². The van der Waals surface area contributed by atoms with Gasteiger partial charge in [-0.25, -0.2) is 0 Å². The molecule has 4 nitrogen and oxygen atoms in total. The van der Waals surface area contributed by atoms with Crippen molar-refractivity contribution < 1.29 is 9.53 Å². The molecule has 0 spiro atoms. The zero-order valence-corrected chi connectivity index (χ0v) is 21.4. The minimum absolute atomic E-state index is 0.167. The summed E-state index contributed by atoms with van der Waals surface area (Å²) in [7, 11) is 0. The molecule has 1 fully saturated rings. The number of ether oxygens (including phenoxy) is 1. The number of morpholine rings is 1. The maximum absolute atomic E-state index is 12.6. The third-order valence-corrected chi connectivity index (χ3v) is 6.78. The summed E-state index contributed by atoms with van der Waals surface area (Å²) in [6, 6.07) is 10.7. The van der Waals surface area contributed by atoms with Crippen molar-refractivity contribution in [2.45, 2.75) is 109 Å². The Balaban J connectivity index is 1.53. The van der Waals surface area contributed by atoms with Gasteiger partial charge in [0.1, 0.15) is 0 Å². The summed E-state index contributed by atoms with van der Waals surface area (Å²) in [5.74, 6) is 0.215. The van der Waals surface area contributed by atoms with Gasteiger partial charge in [-0.1, -0.05) is 114 Å². The van der Waals surface area contributed by atoms with E-state index in [9.17, 15) is 4.79 Å². The molecular formula is C29H50N2O2. The number of hydrogen-bond acceptors (Lipinski definition) is 3. The summed E-state index contributed by atoms with van der Waals surface area (Å²) in [5, 5.41) is 3.33. The zero-order valence-electron chi connectivity index (χ0n) is 21.4. The average Bonchev–Trinajstić information content (AvgIpc) is 2.83. The van der Waals surface area contributed by atoms with Crippen molar-refractivity contribution in [3.63, 3.8) is 0 Å². The Bertz CT molecular complexity index is 587. The highest BCUT2D eigenvalue weighted by Gasteiger charge is 2.19. The van der Waals surface area contributed by atoms with Gasteiger partial charge in [0, 0.05) is 32.1 Å². The molecule has 0 bridgehead atoms. The monoisotopic (exact) mass is 458 g/mol. The maximum Gasteiger partial charge on any atom is 0.220 e. The topological polar surface area (TPSA) is 41.6 Å². The van der Waals surface area contributed by atoms with Gasteiger partial charge in [-0.3, -0.25) is 9.69 Å². The predicted octanol–water partition coefficient (Wildman–Crippen LogP) is 6.53. The number of nitrogens with one attached hydrogen (secondary N) is 1. The van der Waals surface area contributed by atoms with E-state index in [0.717, 1.165) is 45.7 Å². The highest BCUT2D eigenvalue weighted by molar-refractivity contribution is 5.76. The highest BCUT2D eigenvalue weighted by Crippen LogP contribution is 2.13. The third-order valence-electron chi connectivity index (χ3n) is 6.78. The zero-order chi connectivity index (χ0) is 23.4. The summed E-state index contributed by atoms with van der Waals surface area (Å²) >= 11 is 0. The first-order valence-electron chi connectivity index (χ1n) is 13.9. The maximum atomic E-state index is 12.6. The highest BCUT2D eigenvalue weighted by atomic mass is 16.5. The smallest absolute Gasteiger partial charge is 0.220 e. The Kier molecular flexibility index (Phi) is 16.0. The lowest BCUT2D eigenvalue weighted by atomic mass is 10.0. The standard InChI is InChI=1S/C29H50N2O2/c1-2-3-4-5-6-7-8-9-10-11-12-13-17-20-29(32)30-28(25-27-18-15-14-16-19-27)26-31-21-23-33-24-22-31/h14-16,18-19,28H,2-13,17,20-26H2,1H3,(H,30,32). The van der Waals surface area contributed by atoms with Gasteiger partial charge in [0.25, 0.3) is 0 Å². The number of carbonyl (C=O) groups is 1. The van der Waals surface area contributed by atoms with E-state index in [2.05, 4.69) is 41.4 Å². The molecule has 1 atom stereocenters. The molecule has 1 aromatic carbocycles. The lowest BCUT2D eigenvalue weighted by Crippen LogP contribution is -2.48. The van der Waals surface area contributed by atoms with Gasteiger partial charge >= 0.3 is 0 Å². The van der Waals surface area contributed by atoms with Crippen molar-refractivity contribution in [1.82, 2.24) is 10.2 Å². The van der Waals surface area contributed by atoms with E-state index in [1.165, 1.54) is 82.6 Å². The molecule has 2 rings (SSSR count). The molecule has 1 heterocycles. The first-order valence-corrected chi connectivity index (χ1v) is 13.9. The largest absolute Gasteiger partial charge is 0.379 e. The molecule has 1 N–H and O–H groups in total. The fourth-order valence-electron chi connectivity index (χ4n) is 4.76. The molecule has 0 aromatic heterocycles. The number of hydrogen-bond donors (Lipinski definition) is 1. The van der Waals surface area contributed by atoms with E-state index in [4.69, 9.17) is 4.74 Å². The molecule has 1 amide bonds. The Hall–Kier alpha value is -1.39. The van der Waals surface area contributed by atoms with E-state index >= 15 is 0 Å². The molecule has 188 valence electrons. The van der Waals surface area contributed by atoms with Crippen LogP contribution >= 0.6 is 0 Å². The van der Waals surface area contributed by atoms with Crippen molar-refractivity contribution in [3.8, 4) is 0 Å². The lowest BCUT2D eigenvalue weighted by molar-refractivity contribution is -0.122. The number of nitrogens with zero attached hydrogens (tertiary/aromatic N) is 1. The van der Waals surface area contributed by atoms with Crippen LogP contribution in [0.2, 0.25) is 0 Å². The summed E-state index contributed by atoms with van der Waals surface area (Å²) in [6.07, 6.45) is 18.9. The van der Waals surface area contributed by atoms with Crippen LogP contribution in [0.15, 0.2) is 30.3 Å². The first-order chi connectivity index (χ1) is 16.3. The molecule has 33 heavy (non-hydrogen) atoms. The molecule has 0 aliphatic carbocycles. The minimum Gasteiger partial charge on any atom is -0.379 e. The summed E-state index contributed by atoms with van der Waals surface area (Å²) in [6.45, 7) is 6.69. The van der Waals surface area contributed by atoms with Crippen LogP contribution in [-0.2, 0) is 16.0 Å². The average molecular weight is 459 g/mol. The Morgan fingerprint density at radius 1 is 0.848 bits per heavy atom. The molecule has 0 radical (unpaired) electrons. The van der Waals surface area contributed by atoms with Gasteiger partial charge in [-0.05, 0) is 18.4 Å². The van der Waals surface area contributed by atoms with Gasteiger partial charge in [0.15, 0.2) is 0 Å². The van der Waals surface area contributed by atoms with E-state index < -0.39 is 0 Å². The normalized spacial score (nSPS) is 15.4. The van der Waals surface area contributed by atoms with E-state index in [1.54, 1.807) is 0 Å². The Morgan fingerprint density at radius 3 is 1.97 bits per heavy atom. The lowest BCUT2D eigenvalue weighted by Gasteiger charge is -2.31. The van der Waals surface area contributed by atoms with E-state index in [1.807, 2.05) is 6.07 Å². The number of carbonyl (C=O) groups excluding carboxylic acids is 1. The Morgan fingerprint density at radius 2 is 1.39 bits per heavy atom. The van der Waals surface area contributed by atoms with E-state index in [0.29, 0.717) is 6.42 Å². The van der Waals surface area contributed by atoms with Crippen molar-refractivity contribution >= 4 is 5.91 Å². The summed E-state index contributed by atoms with van der Waals surface area (Å²) in [5.41, 5.74) is 1.29. The van der Waals surface area contributed by atoms with Crippen molar-refractivity contribution in [3.05, 3.63) is 35.9 Å². The van der Waals surface area contributed by atoms with Crippen molar-refractivity contribution in [2.75, 3.05) is 32.8 Å². The van der Waals surface area contributed by atoms with Crippen LogP contribution in [0.1, 0.15) is 102 Å². The molecule has 1 unspecified atom stereocenters. The van der Waals surface area contributed by atoms with Gasteiger partial charge in [0.2, 0.25) is 5.91 Å². The number of amides is 1. The van der Waals surface area contributed by atoms with Gasteiger partial charge in [-0.2, -0.15) is 0 Å². The second kappa shape index (κ2) is 19.0. The van der Waals surface area contributed by atoms with Gasteiger partial charge < -0.3 is 10.1 Å². The summed E-state index contributed by atoms with van der Waals surface area (Å²) < 4.78 is 5.48. The van der Waals surface area contributed by atoms with Crippen LogP contribution in [0.3, 0.4) is 0 Å². The van der Waals surface area contributed by atoms with Crippen LogP contribution in [0.4, 0.5) is 0 Å². The van der Waals surface area contributed by atoms with Crippen molar-refractivity contribution in [2.24, 2.45) is 0 Å². The number of benzene rings is 1. The molecule has 4 heteroatoms. The first kappa shape index (κ1) is 27.9. The minimum atomic E-state index is 0.167. The van der Waals surface area contributed by atoms with Crippen LogP contribution < -0.4 is 5.32 Å². The fraction of sp³-hybridized carbons (Fsp3) is 0.759. The number of rotatable bonds is 19. The molecule has 1 aliphatic heterocycles. The second-order valence-electron chi connectivity index (χ2n) is 9.86. The van der Waals surface area contributed by atoms with E-state index in [-0.39, 0.29) is 11.9 Å². The second-order valence-corrected chi connectivity index (χ2v) is 9.86. The molecule has 1 aliphatic rings. The quantitative estimate of drug-likeness (QED) is 0.240. The van der Waals surface area contributed by atoms with Crippen LogP contribution in [0.5, 0.6) is 0 Å². The Labute approximate surface area is 203 Å². The molecule has 1 saturated heterocycles. The predicted molar refractivity (Wildman–Crippen MR) is 140 cm³/mol. The molecular weight excluding hydrogens is 408 g/mol. The number of unbranched alkanes of at least 4 members (excludes halogenated alkanes) is 12. The third kappa shape index (κ3) is 14.5.